The molecule has 1 nitrogen and oxygen atoms in total. The number of hydrogen-bond acceptors (Lipinski definition) is 1. The normalized spacial score (nSPS) is 30.6. The van der Waals surface area contributed by atoms with Crippen LogP contribution < -0.4 is 0 Å². The summed E-state index contributed by atoms with van der Waals surface area (Å²) >= 11 is 0. The Labute approximate surface area is 95.3 Å². The van der Waals surface area contributed by atoms with Crippen molar-refractivity contribution in [1.29, 1.82) is 0 Å². The van der Waals surface area contributed by atoms with Crippen molar-refractivity contribution < 1.29 is 5.11 Å². The van der Waals surface area contributed by atoms with Gasteiger partial charge in [0.15, 0.2) is 0 Å². The molecular weight excluding hydrogens is 184 g/mol. The highest BCUT2D eigenvalue weighted by atomic mass is 16.3. The van der Waals surface area contributed by atoms with Gasteiger partial charge in [-0.25, -0.2) is 0 Å². The van der Waals surface area contributed by atoms with Crippen molar-refractivity contribution in [3.05, 3.63) is 0 Å². The van der Waals surface area contributed by atoms with Crippen molar-refractivity contribution in [2.45, 2.75) is 66.4 Å². The maximum Gasteiger partial charge on any atom is 0.0540 e. The molecule has 0 saturated heterocycles. The molecule has 1 N–H and O–H groups in total. The van der Waals surface area contributed by atoms with Gasteiger partial charge < -0.3 is 5.11 Å². The van der Waals surface area contributed by atoms with E-state index in [1.165, 1.54) is 12.8 Å². The molecule has 1 saturated carbocycles. The summed E-state index contributed by atoms with van der Waals surface area (Å²) in [6.07, 6.45) is 4.46. The molecule has 0 aromatic carbocycles. The van der Waals surface area contributed by atoms with Gasteiger partial charge in [-0.2, -0.15) is 0 Å². The van der Waals surface area contributed by atoms with Crippen molar-refractivity contribution >= 4 is 0 Å². The third-order valence-corrected chi connectivity index (χ3v) is 3.97. The Hall–Kier alpha value is -0.0400. The van der Waals surface area contributed by atoms with Crippen LogP contribution in [0.4, 0.5) is 0 Å². The van der Waals surface area contributed by atoms with Crippen LogP contribution in [0.2, 0.25) is 0 Å². The van der Waals surface area contributed by atoms with Crippen molar-refractivity contribution in [2.24, 2.45) is 23.2 Å². The van der Waals surface area contributed by atoms with Crippen molar-refractivity contribution in [3.8, 4) is 0 Å². The van der Waals surface area contributed by atoms with Gasteiger partial charge >= 0.3 is 0 Å². The first-order valence-electron chi connectivity index (χ1n) is 6.50. The molecular formula is C14H28O. The fraction of sp³-hybridized carbons (Fsp3) is 1.00. The molecule has 1 unspecified atom stereocenters. The Bertz CT molecular complexity index is 182. The molecule has 1 fully saturated rings. The first-order chi connectivity index (χ1) is 6.82. The summed E-state index contributed by atoms with van der Waals surface area (Å²) in [7, 11) is 0. The molecule has 0 amide bonds. The van der Waals surface area contributed by atoms with E-state index in [2.05, 4.69) is 34.6 Å². The number of aliphatic hydroxyl groups is 1. The molecule has 0 aliphatic heterocycles. The van der Waals surface area contributed by atoms with E-state index in [0.717, 1.165) is 30.6 Å². The highest BCUT2D eigenvalue weighted by Gasteiger charge is 2.36. The summed E-state index contributed by atoms with van der Waals surface area (Å²) in [6, 6.07) is 0. The maximum atomic E-state index is 9.55. The Kier molecular flexibility index (Phi) is 4.22. The summed E-state index contributed by atoms with van der Waals surface area (Å²) in [4.78, 5) is 0. The smallest absolute Gasteiger partial charge is 0.0540 e. The topological polar surface area (TPSA) is 20.2 Å². The Morgan fingerprint density at radius 1 is 1.00 bits per heavy atom. The highest BCUT2D eigenvalue weighted by Crippen LogP contribution is 2.43. The minimum absolute atomic E-state index is 0.0194. The SMILES string of the molecule is CC(C)C(C1CCC(O)CC1)C(C)(C)C. The quantitative estimate of drug-likeness (QED) is 0.737. The van der Waals surface area contributed by atoms with Crippen LogP contribution in [0.3, 0.4) is 0 Å². The van der Waals surface area contributed by atoms with Gasteiger partial charge in [-0.1, -0.05) is 34.6 Å². The molecule has 0 aromatic heterocycles. The lowest BCUT2D eigenvalue weighted by Gasteiger charge is -2.42. The molecule has 0 aromatic rings. The number of hydrogen-bond donors (Lipinski definition) is 1. The fourth-order valence-electron chi connectivity index (χ4n) is 3.71. The van der Waals surface area contributed by atoms with Crippen molar-refractivity contribution in [1.82, 2.24) is 0 Å². The van der Waals surface area contributed by atoms with Gasteiger partial charge in [0.25, 0.3) is 0 Å². The zero-order valence-corrected chi connectivity index (χ0v) is 11.1. The fourth-order valence-corrected chi connectivity index (χ4v) is 3.71. The second-order valence-electron chi connectivity index (χ2n) is 6.70. The number of aliphatic hydroxyl groups excluding tert-OH is 1. The summed E-state index contributed by atoms with van der Waals surface area (Å²) in [6.45, 7) is 11.8. The van der Waals surface area contributed by atoms with Crippen LogP contribution in [-0.4, -0.2) is 11.2 Å². The molecule has 0 radical (unpaired) electrons. The molecule has 0 spiro atoms. The second kappa shape index (κ2) is 4.86. The number of rotatable bonds is 2. The largest absolute Gasteiger partial charge is 0.393 e. The summed E-state index contributed by atoms with van der Waals surface area (Å²) < 4.78 is 0. The molecule has 1 aliphatic carbocycles. The van der Waals surface area contributed by atoms with Crippen LogP contribution in [0.25, 0.3) is 0 Å². The first kappa shape index (κ1) is 13.0. The Balaban J connectivity index is 2.65. The predicted molar refractivity (Wildman–Crippen MR) is 65.7 cm³/mol. The van der Waals surface area contributed by atoms with E-state index in [0.29, 0.717) is 5.41 Å². The average molecular weight is 212 g/mol. The van der Waals surface area contributed by atoms with Gasteiger partial charge in [0.05, 0.1) is 6.10 Å². The zero-order chi connectivity index (χ0) is 11.6. The lowest BCUT2D eigenvalue weighted by Crippen LogP contribution is -2.35. The Morgan fingerprint density at radius 3 is 1.80 bits per heavy atom. The van der Waals surface area contributed by atoms with Gasteiger partial charge in [-0.15, -0.1) is 0 Å². The van der Waals surface area contributed by atoms with Crippen LogP contribution in [0, 0.1) is 23.2 Å². The predicted octanol–water partition coefficient (Wildman–Crippen LogP) is 3.86. The molecule has 1 heteroatoms. The summed E-state index contributed by atoms with van der Waals surface area (Å²) in [5, 5.41) is 9.55. The molecule has 15 heavy (non-hydrogen) atoms. The van der Waals surface area contributed by atoms with Crippen molar-refractivity contribution in [2.75, 3.05) is 0 Å². The standard InChI is InChI=1S/C14H28O/c1-10(2)13(14(3,4)5)11-6-8-12(15)9-7-11/h10-13,15H,6-9H2,1-5H3. The summed E-state index contributed by atoms with van der Waals surface area (Å²) in [5.74, 6) is 2.38. The monoisotopic (exact) mass is 212 g/mol. The molecule has 1 rings (SSSR count). The van der Waals surface area contributed by atoms with E-state index in [1.54, 1.807) is 0 Å². The van der Waals surface area contributed by atoms with E-state index in [1.807, 2.05) is 0 Å². The van der Waals surface area contributed by atoms with E-state index >= 15 is 0 Å². The zero-order valence-electron chi connectivity index (χ0n) is 11.1. The average Bonchev–Trinajstić information content (AvgIpc) is 2.05. The van der Waals surface area contributed by atoms with Gasteiger partial charge in [-0.3, -0.25) is 0 Å². The van der Waals surface area contributed by atoms with E-state index in [4.69, 9.17) is 0 Å². The molecule has 1 atom stereocenters. The minimum Gasteiger partial charge on any atom is -0.393 e. The maximum absolute atomic E-state index is 9.55. The van der Waals surface area contributed by atoms with Crippen molar-refractivity contribution in [3.63, 3.8) is 0 Å². The summed E-state index contributed by atoms with van der Waals surface area (Å²) in [5.41, 5.74) is 0.404. The van der Waals surface area contributed by atoms with Crippen LogP contribution in [-0.2, 0) is 0 Å². The lowest BCUT2D eigenvalue weighted by molar-refractivity contribution is 0.0372. The lowest BCUT2D eigenvalue weighted by atomic mass is 9.63. The molecule has 0 bridgehead atoms. The van der Waals surface area contributed by atoms with Gasteiger partial charge in [0.2, 0.25) is 0 Å². The molecule has 90 valence electrons. The molecule has 1 aliphatic rings. The van der Waals surface area contributed by atoms with Crippen LogP contribution in [0.5, 0.6) is 0 Å². The van der Waals surface area contributed by atoms with Crippen LogP contribution in [0.1, 0.15) is 60.3 Å². The van der Waals surface area contributed by atoms with Gasteiger partial charge in [0.1, 0.15) is 0 Å². The van der Waals surface area contributed by atoms with E-state index < -0.39 is 0 Å². The third-order valence-electron chi connectivity index (χ3n) is 3.97. The second-order valence-corrected chi connectivity index (χ2v) is 6.70. The van der Waals surface area contributed by atoms with Crippen LogP contribution in [0.15, 0.2) is 0 Å². The van der Waals surface area contributed by atoms with Crippen LogP contribution >= 0.6 is 0 Å². The third kappa shape index (κ3) is 3.48. The van der Waals surface area contributed by atoms with Gasteiger partial charge in [-0.05, 0) is 48.9 Å². The van der Waals surface area contributed by atoms with Gasteiger partial charge in [0, 0.05) is 0 Å². The van der Waals surface area contributed by atoms with E-state index in [-0.39, 0.29) is 6.10 Å². The highest BCUT2D eigenvalue weighted by molar-refractivity contribution is 4.85. The first-order valence-corrected chi connectivity index (χ1v) is 6.50. The Morgan fingerprint density at radius 2 is 1.47 bits per heavy atom. The molecule has 0 heterocycles. The van der Waals surface area contributed by atoms with E-state index in [9.17, 15) is 5.11 Å². The minimum atomic E-state index is -0.0194.